The van der Waals surface area contributed by atoms with Crippen molar-refractivity contribution in [3.8, 4) is 0 Å². The zero-order chi connectivity index (χ0) is 19.7. The molecule has 2 nitrogen and oxygen atoms in total. The van der Waals surface area contributed by atoms with E-state index in [1.54, 1.807) is 0 Å². The molecule has 0 spiro atoms. The Bertz CT molecular complexity index is 1550. The molecule has 140 valence electrons. The van der Waals surface area contributed by atoms with Crippen LogP contribution in [0, 0.1) is 0 Å². The summed E-state index contributed by atoms with van der Waals surface area (Å²) in [4.78, 5) is 10.5. The third-order valence-corrected chi connectivity index (χ3v) is 6.20. The van der Waals surface area contributed by atoms with Crippen molar-refractivity contribution in [1.82, 2.24) is 9.97 Å². The Balaban J connectivity index is 0.00000108. The van der Waals surface area contributed by atoms with Gasteiger partial charge in [-0.1, -0.05) is 97.1 Å². The molecular formula is C28H16N2Na2. The Hall–Kier alpha value is -2.04. The van der Waals surface area contributed by atoms with Crippen LogP contribution in [-0.2, 0) is 0 Å². The Morgan fingerprint density at radius 3 is 0.688 bits per heavy atom. The van der Waals surface area contributed by atoms with Gasteiger partial charge in [0.15, 0.2) is 0 Å². The van der Waals surface area contributed by atoms with Crippen molar-refractivity contribution < 1.29 is 0 Å². The molecule has 6 aromatic carbocycles. The minimum atomic E-state index is 0. The van der Waals surface area contributed by atoms with Crippen LogP contribution in [0.5, 0.6) is 0 Å². The van der Waals surface area contributed by atoms with Crippen molar-refractivity contribution in [2.45, 2.75) is 0 Å². The van der Waals surface area contributed by atoms with Crippen LogP contribution >= 0.6 is 0 Å². The second kappa shape index (κ2) is 8.39. The predicted octanol–water partition coefficient (Wildman–Crippen LogP) is 6.63. The number of aromatic nitrogens is 2. The van der Waals surface area contributed by atoms with Crippen LogP contribution in [0.15, 0.2) is 97.1 Å². The van der Waals surface area contributed by atoms with Gasteiger partial charge in [0, 0.05) is 80.7 Å². The number of fused-ring (bicyclic) bond motifs is 12. The van der Waals surface area contributed by atoms with E-state index >= 15 is 0 Å². The molecule has 1 heterocycles. The predicted molar refractivity (Wildman–Crippen MR) is 139 cm³/mol. The molecule has 2 radical (unpaired) electrons. The summed E-state index contributed by atoms with van der Waals surface area (Å²) >= 11 is 0. The number of rotatable bonds is 0. The van der Waals surface area contributed by atoms with Crippen LogP contribution in [0.2, 0.25) is 0 Å². The van der Waals surface area contributed by atoms with E-state index < -0.39 is 0 Å². The van der Waals surface area contributed by atoms with E-state index in [2.05, 4.69) is 97.1 Å². The smallest absolute Gasteiger partial charge is 0.0979 e. The summed E-state index contributed by atoms with van der Waals surface area (Å²) in [6.07, 6.45) is 0. The number of nitrogens with zero attached hydrogens (tertiary/aromatic N) is 2. The van der Waals surface area contributed by atoms with Gasteiger partial charge in [0.2, 0.25) is 0 Å². The summed E-state index contributed by atoms with van der Waals surface area (Å²) in [5.74, 6) is 0. The zero-order valence-corrected chi connectivity index (χ0v) is 22.1. The fourth-order valence-electron chi connectivity index (χ4n) is 4.88. The minimum Gasteiger partial charge on any atom is -0.243 e. The van der Waals surface area contributed by atoms with Crippen molar-refractivity contribution in [2.75, 3.05) is 0 Å². The molecule has 0 fully saturated rings. The fraction of sp³-hybridized carbons (Fsp3) is 0. The number of benzene rings is 6. The second-order valence-corrected chi connectivity index (χ2v) is 7.80. The number of hydrogen-bond donors (Lipinski definition) is 0. The monoisotopic (exact) mass is 426 g/mol. The summed E-state index contributed by atoms with van der Waals surface area (Å²) in [7, 11) is 0. The van der Waals surface area contributed by atoms with Crippen LogP contribution < -0.4 is 0 Å². The van der Waals surface area contributed by atoms with E-state index in [1.807, 2.05) is 0 Å². The van der Waals surface area contributed by atoms with Crippen LogP contribution in [0.1, 0.15) is 0 Å². The molecule has 0 aliphatic heterocycles. The Kier molecular flexibility index (Phi) is 5.71. The molecule has 0 N–H and O–H groups in total. The van der Waals surface area contributed by atoms with Crippen molar-refractivity contribution in [3.63, 3.8) is 0 Å². The summed E-state index contributed by atoms with van der Waals surface area (Å²) in [5.41, 5.74) is 3.88. The Morgan fingerprint density at radius 2 is 0.469 bits per heavy atom. The second-order valence-electron chi connectivity index (χ2n) is 7.80. The normalized spacial score (nSPS) is 11.2. The third kappa shape index (κ3) is 3.03. The first-order chi connectivity index (χ1) is 14.9. The van der Waals surface area contributed by atoms with E-state index in [1.165, 1.54) is 21.5 Å². The van der Waals surface area contributed by atoms with Crippen molar-refractivity contribution in [1.29, 1.82) is 0 Å². The molecule has 0 amide bonds. The third-order valence-electron chi connectivity index (χ3n) is 6.20. The fourth-order valence-corrected chi connectivity index (χ4v) is 4.88. The quantitative estimate of drug-likeness (QED) is 0.154. The molecule has 0 unspecified atom stereocenters. The van der Waals surface area contributed by atoms with E-state index in [4.69, 9.17) is 9.97 Å². The molecule has 0 atom stereocenters. The van der Waals surface area contributed by atoms with Crippen LogP contribution in [-0.4, -0.2) is 69.1 Å². The first kappa shape index (κ1) is 21.8. The molecule has 1 aromatic heterocycles. The van der Waals surface area contributed by atoms with Crippen molar-refractivity contribution in [3.05, 3.63) is 97.1 Å². The maximum Gasteiger partial charge on any atom is 0.0979 e. The topological polar surface area (TPSA) is 25.8 Å². The van der Waals surface area contributed by atoms with Crippen LogP contribution in [0.3, 0.4) is 0 Å². The van der Waals surface area contributed by atoms with Crippen LogP contribution in [0.25, 0.3) is 65.2 Å². The maximum atomic E-state index is 5.27. The average Bonchev–Trinajstić information content (AvgIpc) is 2.83. The summed E-state index contributed by atoms with van der Waals surface area (Å²) in [6, 6.07) is 34.1. The summed E-state index contributed by atoms with van der Waals surface area (Å²) in [6.45, 7) is 0. The SMILES string of the molecule is [Na].[Na].c1ccc2c(c1)c1ccccc1c1nc3c4ccccc4c4ccccc4c3nc21. The van der Waals surface area contributed by atoms with E-state index in [0.717, 1.165) is 43.6 Å². The molecule has 4 heteroatoms. The molecular weight excluding hydrogens is 410 g/mol. The minimum absolute atomic E-state index is 0. The molecule has 7 aromatic rings. The van der Waals surface area contributed by atoms with Gasteiger partial charge in [-0.25, -0.2) is 9.97 Å². The van der Waals surface area contributed by atoms with Gasteiger partial charge in [0.25, 0.3) is 0 Å². The first-order valence-electron chi connectivity index (χ1n) is 10.2. The first-order valence-corrected chi connectivity index (χ1v) is 10.2. The summed E-state index contributed by atoms with van der Waals surface area (Å²) < 4.78 is 0. The average molecular weight is 426 g/mol. The van der Waals surface area contributed by atoms with Crippen molar-refractivity contribution in [2.24, 2.45) is 0 Å². The number of hydrogen-bond acceptors (Lipinski definition) is 2. The summed E-state index contributed by atoms with van der Waals surface area (Å²) in [5, 5.41) is 9.49. The zero-order valence-electron chi connectivity index (χ0n) is 18.1. The van der Waals surface area contributed by atoms with Crippen molar-refractivity contribution >= 4 is 124 Å². The van der Waals surface area contributed by atoms with Gasteiger partial charge in [-0.2, -0.15) is 0 Å². The van der Waals surface area contributed by atoms with Gasteiger partial charge < -0.3 is 0 Å². The van der Waals surface area contributed by atoms with Gasteiger partial charge in [-0.05, 0) is 21.5 Å². The molecule has 0 saturated heterocycles. The standard InChI is InChI=1S/C28H16N2.2Na/c1-5-13-21-17(9-1)18-10-2-6-14-22(18)26-25(21)29-27-23-15-7-3-11-19(23)20-12-4-8-16-24(20)28(27)30-26;;/h1-16H;;. The molecule has 0 bridgehead atoms. The van der Waals surface area contributed by atoms with E-state index in [0.29, 0.717) is 0 Å². The Morgan fingerprint density at radius 1 is 0.281 bits per heavy atom. The van der Waals surface area contributed by atoms with Gasteiger partial charge in [-0.3, -0.25) is 0 Å². The molecule has 7 rings (SSSR count). The van der Waals surface area contributed by atoms with Gasteiger partial charge in [0.05, 0.1) is 22.1 Å². The molecule has 0 aliphatic carbocycles. The molecule has 32 heavy (non-hydrogen) atoms. The Labute approximate surface area is 229 Å². The van der Waals surface area contributed by atoms with Gasteiger partial charge >= 0.3 is 0 Å². The maximum absolute atomic E-state index is 5.27. The molecule has 0 aliphatic rings. The largest absolute Gasteiger partial charge is 0.243 e. The van der Waals surface area contributed by atoms with E-state index in [9.17, 15) is 0 Å². The molecule has 0 saturated carbocycles. The van der Waals surface area contributed by atoms with Crippen LogP contribution in [0.4, 0.5) is 0 Å². The van der Waals surface area contributed by atoms with E-state index in [-0.39, 0.29) is 59.1 Å². The van der Waals surface area contributed by atoms with Gasteiger partial charge in [-0.15, -0.1) is 0 Å². The van der Waals surface area contributed by atoms with Gasteiger partial charge in [0.1, 0.15) is 0 Å².